The molecule has 4 rings (SSSR count). The number of fused-ring (bicyclic) bond motifs is 1. The summed E-state index contributed by atoms with van der Waals surface area (Å²) >= 11 is 0. The van der Waals surface area contributed by atoms with E-state index in [-0.39, 0.29) is 5.75 Å². The molecule has 0 aliphatic carbocycles. The summed E-state index contributed by atoms with van der Waals surface area (Å²) in [6, 6.07) is 22.7. The van der Waals surface area contributed by atoms with Crippen molar-refractivity contribution >= 4 is 17.1 Å². The highest BCUT2D eigenvalue weighted by Crippen LogP contribution is 2.26. The van der Waals surface area contributed by atoms with Gasteiger partial charge < -0.3 is 9.84 Å². The van der Waals surface area contributed by atoms with Gasteiger partial charge in [-0.2, -0.15) is 0 Å². The first kappa shape index (κ1) is 15.9. The third-order valence-electron chi connectivity index (χ3n) is 3.91. The lowest BCUT2D eigenvalue weighted by Crippen LogP contribution is -2.00. The first-order valence-electron chi connectivity index (χ1n) is 8.29. The van der Waals surface area contributed by atoms with E-state index in [1.807, 2.05) is 66.7 Å². The van der Waals surface area contributed by atoms with Gasteiger partial charge in [-0.15, -0.1) is 15.0 Å². The Kier molecular flexibility index (Phi) is 4.35. The van der Waals surface area contributed by atoms with Crippen LogP contribution in [0.15, 0.2) is 78.9 Å². The van der Waals surface area contributed by atoms with Gasteiger partial charge in [0.15, 0.2) is 0 Å². The number of aromatic nitrogens is 3. The Labute approximate surface area is 150 Å². The topological polar surface area (TPSA) is 60.2 Å². The highest BCUT2D eigenvalue weighted by molar-refractivity contribution is 5.73. The Bertz CT molecular complexity index is 1020. The van der Waals surface area contributed by atoms with Crippen LogP contribution in [0, 0.1) is 0 Å². The molecule has 0 saturated carbocycles. The standard InChI is InChI=1S/C21H17N3O2/c25-21-15-17(26-14-6-9-16-7-2-1-3-8-16)12-13-20(21)24-22-18-10-4-5-11-19(18)23-24/h1-13,15,25H,14H2/b9-6+. The van der Waals surface area contributed by atoms with Gasteiger partial charge in [-0.3, -0.25) is 0 Å². The second-order valence-electron chi connectivity index (χ2n) is 5.75. The highest BCUT2D eigenvalue weighted by atomic mass is 16.5. The average molecular weight is 343 g/mol. The summed E-state index contributed by atoms with van der Waals surface area (Å²) in [7, 11) is 0. The number of ether oxygens (including phenoxy) is 1. The number of hydrogen-bond acceptors (Lipinski definition) is 4. The molecule has 5 nitrogen and oxygen atoms in total. The first-order valence-corrected chi connectivity index (χ1v) is 8.29. The van der Waals surface area contributed by atoms with Gasteiger partial charge in [0.2, 0.25) is 0 Å². The molecule has 4 aromatic rings. The fourth-order valence-corrected chi connectivity index (χ4v) is 2.62. The molecular formula is C21H17N3O2. The number of aromatic hydroxyl groups is 1. The van der Waals surface area contributed by atoms with Crippen LogP contribution in [-0.4, -0.2) is 26.7 Å². The van der Waals surface area contributed by atoms with E-state index in [2.05, 4.69) is 10.2 Å². The molecule has 0 unspecified atom stereocenters. The zero-order valence-corrected chi connectivity index (χ0v) is 14.0. The Balaban J connectivity index is 1.46. The lowest BCUT2D eigenvalue weighted by atomic mass is 10.2. The van der Waals surface area contributed by atoms with Crippen LogP contribution in [0.5, 0.6) is 11.5 Å². The molecular weight excluding hydrogens is 326 g/mol. The van der Waals surface area contributed by atoms with E-state index < -0.39 is 0 Å². The first-order chi connectivity index (χ1) is 12.8. The van der Waals surface area contributed by atoms with Crippen molar-refractivity contribution in [1.82, 2.24) is 15.0 Å². The molecule has 0 aliphatic heterocycles. The molecule has 0 fully saturated rings. The molecule has 0 radical (unpaired) electrons. The molecule has 0 aliphatic rings. The van der Waals surface area contributed by atoms with Crippen molar-refractivity contribution in [3.63, 3.8) is 0 Å². The van der Waals surface area contributed by atoms with E-state index in [9.17, 15) is 5.11 Å². The summed E-state index contributed by atoms with van der Waals surface area (Å²) < 4.78 is 5.66. The fourth-order valence-electron chi connectivity index (χ4n) is 2.62. The maximum absolute atomic E-state index is 10.3. The summed E-state index contributed by atoms with van der Waals surface area (Å²) in [4.78, 5) is 1.43. The number of hydrogen-bond donors (Lipinski definition) is 1. The molecule has 0 amide bonds. The summed E-state index contributed by atoms with van der Waals surface area (Å²) in [5.74, 6) is 0.649. The van der Waals surface area contributed by atoms with Gasteiger partial charge >= 0.3 is 0 Å². The lowest BCUT2D eigenvalue weighted by molar-refractivity contribution is 0.360. The summed E-state index contributed by atoms with van der Waals surface area (Å²) in [5.41, 5.74) is 3.18. The molecule has 5 heteroatoms. The van der Waals surface area contributed by atoms with E-state index in [0.29, 0.717) is 18.0 Å². The molecule has 1 N–H and O–H groups in total. The SMILES string of the molecule is Oc1cc(OC/C=C/c2ccccc2)ccc1-n1nc2ccccc2n1. The van der Waals surface area contributed by atoms with Gasteiger partial charge in [-0.25, -0.2) is 0 Å². The largest absolute Gasteiger partial charge is 0.505 e. The predicted molar refractivity (Wildman–Crippen MR) is 102 cm³/mol. The Morgan fingerprint density at radius 3 is 2.27 bits per heavy atom. The quantitative estimate of drug-likeness (QED) is 0.589. The van der Waals surface area contributed by atoms with Crippen LogP contribution in [0.1, 0.15) is 5.56 Å². The highest BCUT2D eigenvalue weighted by Gasteiger charge is 2.09. The third kappa shape index (κ3) is 3.42. The monoisotopic (exact) mass is 343 g/mol. The number of benzene rings is 3. The van der Waals surface area contributed by atoms with Crippen molar-refractivity contribution in [2.45, 2.75) is 0 Å². The fraction of sp³-hybridized carbons (Fsp3) is 0.0476. The summed E-state index contributed by atoms with van der Waals surface area (Å²) in [5, 5.41) is 19.1. The van der Waals surface area contributed by atoms with Gasteiger partial charge in [0.25, 0.3) is 0 Å². The smallest absolute Gasteiger partial charge is 0.146 e. The van der Waals surface area contributed by atoms with Gasteiger partial charge in [-0.1, -0.05) is 48.5 Å². The van der Waals surface area contributed by atoms with Gasteiger partial charge in [0, 0.05) is 6.07 Å². The van der Waals surface area contributed by atoms with Crippen molar-refractivity contribution in [3.8, 4) is 17.2 Å². The minimum atomic E-state index is 0.0647. The van der Waals surface area contributed by atoms with E-state index in [4.69, 9.17) is 4.74 Å². The zero-order chi connectivity index (χ0) is 17.8. The third-order valence-corrected chi connectivity index (χ3v) is 3.91. The normalized spacial score (nSPS) is 11.2. The number of phenols is 1. The number of nitrogens with zero attached hydrogens (tertiary/aromatic N) is 3. The predicted octanol–water partition coefficient (Wildman–Crippen LogP) is 4.22. The maximum Gasteiger partial charge on any atom is 0.146 e. The van der Waals surface area contributed by atoms with Gasteiger partial charge in [0.1, 0.15) is 34.8 Å². The van der Waals surface area contributed by atoms with E-state index in [0.717, 1.165) is 16.6 Å². The van der Waals surface area contributed by atoms with Crippen LogP contribution < -0.4 is 4.74 Å². The molecule has 3 aromatic carbocycles. The maximum atomic E-state index is 10.3. The molecule has 26 heavy (non-hydrogen) atoms. The van der Waals surface area contributed by atoms with Crippen molar-refractivity contribution in [1.29, 1.82) is 0 Å². The van der Waals surface area contributed by atoms with Gasteiger partial charge in [-0.05, 0) is 35.9 Å². The van der Waals surface area contributed by atoms with Crippen LogP contribution >= 0.6 is 0 Å². The average Bonchev–Trinajstić information content (AvgIpc) is 3.10. The Hall–Kier alpha value is -3.60. The Morgan fingerprint density at radius 2 is 1.58 bits per heavy atom. The van der Waals surface area contributed by atoms with Crippen molar-refractivity contribution in [3.05, 3.63) is 84.4 Å². The van der Waals surface area contributed by atoms with E-state index >= 15 is 0 Å². The summed E-state index contributed by atoms with van der Waals surface area (Å²) in [6.45, 7) is 0.414. The van der Waals surface area contributed by atoms with Crippen LogP contribution in [0.2, 0.25) is 0 Å². The lowest BCUT2D eigenvalue weighted by Gasteiger charge is -2.07. The minimum absolute atomic E-state index is 0.0647. The molecule has 1 heterocycles. The molecule has 1 aromatic heterocycles. The molecule has 128 valence electrons. The number of rotatable bonds is 5. The summed E-state index contributed by atoms with van der Waals surface area (Å²) in [6.07, 6.45) is 3.93. The van der Waals surface area contributed by atoms with Crippen LogP contribution in [0.4, 0.5) is 0 Å². The van der Waals surface area contributed by atoms with Crippen molar-refractivity contribution in [2.24, 2.45) is 0 Å². The van der Waals surface area contributed by atoms with E-state index in [1.54, 1.807) is 18.2 Å². The zero-order valence-electron chi connectivity index (χ0n) is 14.0. The second-order valence-corrected chi connectivity index (χ2v) is 5.75. The van der Waals surface area contributed by atoms with Crippen LogP contribution in [-0.2, 0) is 0 Å². The van der Waals surface area contributed by atoms with E-state index in [1.165, 1.54) is 4.80 Å². The van der Waals surface area contributed by atoms with Crippen LogP contribution in [0.3, 0.4) is 0 Å². The minimum Gasteiger partial charge on any atom is -0.505 e. The van der Waals surface area contributed by atoms with Crippen molar-refractivity contribution in [2.75, 3.05) is 6.61 Å². The molecule has 0 saturated heterocycles. The molecule has 0 spiro atoms. The molecule has 0 atom stereocenters. The van der Waals surface area contributed by atoms with Gasteiger partial charge in [0.05, 0.1) is 0 Å². The molecule has 0 bridgehead atoms. The number of phenolic OH excluding ortho intramolecular Hbond substituents is 1. The Morgan fingerprint density at radius 1 is 0.885 bits per heavy atom. The van der Waals surface area contributed by atoms with Crippen LogP contribution in [0.25, 0.3) is 22.8 Å². The van der Waals surface area contributed by atoms with Crippen molar-refractivity contribution < 1.29 is 9.84 Å². The second kappa shape index (κ2) is 7.11.